The molecule has 1 aromatic carbocycles. The smallest absolute Gasteiger partial charge is 0.252 e. The highest BCUT2D eigenvalue weighted by Gasteiger charge is 2.40. The lowest BCUT2D eigenvalue weighted by Gasteiger charge is -2.43. The lowest BCUT2D eigenvalue weighted by atomic mass is 9.71. The fourth-order valence-electron chi connectivity index (χ4n) is 4.02. The standard InChI is InChI=1S/C18H23BrN2O3/c1-24-10-11-8-17(22)21-16-9-12(6-7-13(11)16)20-18(23)14-4-2-3-5-15(14)19/h2-5,11-13,16H,6-10H2,1H3,(H,20,23)(H,21,22). The number of amides is 2. The number of nitrogens with one attached hydrogen (secondary N) is 2. The molecule has 2 N–H and O–H groups in total. The van der Waals surface area contributed by atoms with Crippen molar-refractivity contribution in [2.45, 2.75) is 37.8 Å². The van der Waals surface area contributed by atoms with Crippen LogP contribution in [0.5, 0.6) is 0 Å². The van der Waals surface area contributed by atoms with Gasteiger partial charge in [-0.2, -0.15) is 0 Å². The molecular weight excluding hydrogens is 372 g/mol. The molecule has 4 atom stereocenters. The van der Waals surface area contributed by atoms with E-state index < -0.39 is 0 Å². The van der Waals surface area contributed by atoms with Gasteiger partial charge < -0.3 is 15.4 Å². The Morgan fingerprint density at radius 3 is 2.92 bits per heavy atom. The monoisotopic (exact) mass is 394 g/mol. The maximum atomic E-state index is 12.5. The largest absolute Gasteiger partial charge is 0.384 e. The van der Waals surface area contributed by atoms with Crippen LogP contribution in [0.15, 0.2) is 28.7 Å². The van der Waals surface area contributed by atoms with E-state index >= 15 is 0 Å². The van der Waals surface area contributed by atoms with Gasteiger partial charge in [-0.15, -0.1) is 0 Å². The van der Waals surface area contributed by atoms with Crippen molar-refractivity contribution in [1.29, 1.82) is 0 Å². The highest BCUT2D eigenvalue weighted by Crippen LogP contribution is 2.35. The molecule has 3 rings (SSSR count). The molecule has 0 radical (unpaired) electrons. The third-order valence-electron chi connectivity index (χ3n) is 5.14. The van der Waals surface area contributed by atoms with Gasteiger partial charge >= 0.3 is 0 Å². The Balaban J connectivity index is 1.63. The van der Waals surface area contributed by atoms with Gasteiger partial charge in [0.1, 0.15) is 0 Å². The molecular formula is C18H23BrN2O3. The van der Waals surface area contributed by atoms with Crippen molar-refractivity contribution in [1.82, 2.24) is 10.6 Å². The Morgan fingerprint density at radius 1 is 1.38 bits per heavy atom. The summed E-state index contributed by atoms with van der Waals surface area (Å²) in [5.41, 5.74) is 0.643. The number of halogens is 1. The first-order valence-electron chi connectivity index (χ1n) is 8.42. The topological polar surface area (TPSA) is 67.4 Å². The molecule has 24 heavy (non-hydrogen) atoms. The number of methoxy groups -OCH3 is 1. The van der Waals surface area contributed by atoms with Gasteiger partial charge in [0.2, 0.25) is 5.91 Å². The van der Waals surface area contributed by atoms with Crippen molar-refractivity contribution in [3.63, 3.8) is 0 Å². The number of hydrogen-bond donors (Lipinski definition) is 2. The molecule has 1 heterocycles. The molecule has 0 spiro atoms. The Bertz CT molecular complexity index is 622. The molecule has 6 heteroatoms. The number of ether oxygens (including phenoxy) is 1. The van der Waals surface area contributed by atoms with Crippen molar-refractivity contribution in [3.05, 3.63) is 34.3 Å². The Kier molecular flexibility index (Phi) is 5.56. The van der Waals surface area contributed by atoms with Gasteiger partial charge in [-0.3, -0.25) is 9.59 Å². The van der Waals surface area contributed by atoms with Gasteiger partial charge in [0.05, 0.1) is 5.56 Å². The summed E-state index contributed by atoms with van der Waals surface area (Å²) >= 11 is 3.42. The van der Waals surface area contributed by atoms with Crippen LogP contribution in [0.3, 0.4) is 0 Å². The van der Waals surface area contributed by atoms with Crippen molar-refractivity contribution in [2.24, 2.45) is 11.8 Å². The minimum atomic E-state index is -0.0681. The number of benzene rings is 1. The maximum absolute atomic E-state index is 12.5. The maximum Gasteiger partial charge on any atom is 0.252 e. The van der Waals surface area contributed by atoms with Crippen LogP contribution in [0.4, 0.5) is 0 Å². The molecule has 2 fully saturated rings. The summed E-state index contributed by atoms with van der Waals surface area (Å²) in [6.45, 7) is 0.628. The van der Waals surface area contributed by atoms with Crippen LogP contribution < -0.4 is 10.6 Å². The molecule has 0 bridgehead atoms. The summed E-state index contributed by atoms with van der Waals surface area (Å²) in [4.78, 5) is 24.4. The van der Waals surface area contributed by atoms with Crippen molar-refractivity contribution < 1.29 is 14.3 Å². The van der Waals surface area contributed by atoms with Gasteiger partial charge in [-0.05, 0) is 59.2 Å². The van der Waals surface area contributed by atoms with Crippen LogP contribution in [0.25, 0.3) is 0 Å². The molecule has 1 saturated heterocycles. The van der Waals surface area contributed by atoms with Crippen LogP contribution in [0, 0.1) is 11.8 Å². The fraction of sp³-hybridized carbons (Fsp3) is 0.556. The fourth-order valence-corrected chi connectivity index (χ4v) is 4.48. The molecule has 130 valence electrons. The molecule has 1 saturated carbocycles. The predicted molar refractivity (Wildman–Crippen MR) is 94.7 cm³/mol. The highest BCUT2D eigenvalue weighted by atomic mass is 79.9. The molecule has 4 unspecified atom stereocenters. The molecule has 1 aromatic rings. The predicted octanol–water partition coefficient (Wildman–Crippen LogP) is 2.50. The second-order valence-electron chi connectivity index (χ2n) is 6.72. The number of carbonyl (C=O) groups is 2. The van der Waals surface area contributed by atoms with Crippen LogP contribution in [0.2, 0.25) is 0 Å². The summed E-state index contributed by atoms with van der Waals surface area (Å²) in [7, 11) is 1.69. The van der Waals surface area contributed by atoms with Crippen LogP contribution in [0.1, 0.15) is 36.0 Å². The average molecular weight is 395 g/mol. The van der Waals surface area contributed by atoms with Gasteiger partial charge in [-0.1, -0.05) is 12.1 Å². The first-order valence-corrected chi connectivity index (χ1v) is 9.21. The third-order valence-corrected chi connectivity index (χ3v) is 5.83. The van der Waals surface area contributed by atoms with Crippen molar-refractivity contribution in [2.75, 3.05) is 13.7 Å². The van der Waals surface area contributed by atoms with Crippen LogP contribution >= 0.6 is 15.9 Å². The van der Waals surface area contributed by atoms with E-state index in [0.29, 0.717) is 24.5 Å². The zero-order chi connectivity index (χ0) is 17.1. The molecule has 2 amide bonds. The van der Waals surface area contributed by atoms with E-state index in [1.54, 1.807) is 7.11 Å². The van der Waals surface area contributed by atoms with E-state index in [1.807, 2.05) is 24.3 Å². The lowest BCUT2D eigenvalue weighted by molar-refractivity contribution is -0.128. The van der Waals surface area contributed by atoms with E-state index in [-0.39, 0.29) is 29.8 Å². The number of carbonyl (C=O) groups excluding carboxylic acids is 2. The van der Waals surface area contributed by atoms with Crippen LogP contribution in [-0.2, 0) is 9.53 Å². The molecule has 1 aliphatic heterocycles. The van der Waals surface area contributed by atoms with E-state index in [4.69, 9.17) is 4.74 Å². The average Bonchev–Trinajstić information content (AvgIpc) is 2.55. The minimum absolute atomic E-state index is 0.0681. The Labute approximate surface area is 150 Å². The van der Waals surface area contributed by atoms with Crippen molar-refractivity contribution in [3.8, 4) is 0 Å². The number of hydrogen-bond acceptors (Lipinski definition) is 3. The van der Waals surface area contributed by atoms with E-state index in [9.17, 15) is 9.59 Å². The lowest BCUT2D eigenvalue weighted by Crippen LogP contribution is -2.56. The van der Waals surface area contributed by atoms with E-state index in [2.05, 4.69) is 26.6 Å². The summed E-state index contributed by atoms with van der Waals surface area (Å²) in [6.07, 6.45) is 3.27. The number of piperidine rings is 1. The first kappa shape index (κ1) is 17.4. The molecule has 1 aliphatic carbocycles. The quantitative estimate of drug-likeness (QED) is 0.824. The van der Waals surface area contributed by atoms with Gasteiger partial charge in [-0.25, -0.2) is 0 Å². The Morgan fingerprint density at radius 2 is 2.17 bits per heavy atom. The van der Waals surface area contributed by atoms with Crippen molar-refractivity contribution >= 4 is 27.7 Å². The molecule has 5 nitrogen and oxygen atoms in total. The first-order chi connectivity index (χ1) is 11.6. The third kappa shape index (κ3) is 3.81. The summed E-state index contributed by atoms with van der Waals surface area (Å²) < 4.78 is 6.08. The van der Waals surface area contributed by atoms with Gasteiger partial charge in [0.15, 0.2) is 0 Å². The van der Waals surface area contributed by atoms with Gasteiger partial charge in [0, 0.05) is 36.7 Å². The molecule has 2 aliphatic rings. The normalized spacial score (nSPS) is 29.5. The van der Waals surface area contributed by atoms with Gasteiger partial charge in [0.25, 0.3) is 5.91 Å². The zero-order valence-electron chi connectivity index (χ0n) is 13.8. The second-order valence-corrected chi connectivity index (χ2v) is 7.58. The molecule has 0 aromatic heterocycles. The minimum Gasteiger partial charge on any atom is -0.384 e. The summed E-state index contributed by atoms with van der Waals surface area (Å²) in [6, 6.07) is 7.63. The summed E-state index contributed by atoms with van der Waals surface area (Å²) in [5.74, 6) is 0.755. The zero-order valence-corrected chi connectivity index (χ0v) is 15.3. The Hall–Kier alpha value is -1.40. The summed E-state index contributed by atoms with van der Waals surface area (Å²) in [5, 5.41) is 6.23. The SMILES string of the molecule is COCC1CC(=O)NC2CC(NC(=O)c3ccccc3Br)CCC12. The van der Waals surface area contributed by atoms with Crippen LogP contribution in [-0.4, -0.2) is 37.6 Å². The highest BCUT2D eigenvalue weighted by molar-refractivity contribution is 9.10. The number of rotatable bonds is 4. The second kappa shape index (κ2) is 7.66. The van der Waals surface area contributed by atoms with E-state index in [0.717, 1.165) is 23.7 Å². The number of fused-ring (bicyclic) bond motifs is 1. The van der Waals surface area contributed by atoms with E-state index in [1.165, 1.54) is 0 Å².